The quantitative estimate of drug-likeness (QED) is 0.166. The Kier molecular flexibility index (Phi) is 9.28. The van der Waals surface area contributed by atoms with Crippen LogP contribution in [0.2, 0.25) is 0 Å². The van der Waals surface area contributed by atoms with Crippen molar-refractivity contribution in [1.29, 1.82) is 0 Å². The molecule has 53 heavy (non-hydrogen) atoms. The second-order valence-corrected chi connectivity index (χ2v) is 13.1. The maximum absolute atomic E-state index is 5.53. The molecule has 0 bridgehead atoms. The first-order valence-corrected chi connectivity index (χ1v) is 17.4. The first-order chi connectivity index (χ1) is 25.6. The van der Waals surface area contributed by atoms with E-state index in [-0.39, 0.29) is 20.1 Å². The minimum Gasteiger partial charge on any atom is -0.366 e. The van der Waals surface area contributed by atoms with Crippen molar-refractivity contribution < 1.29 is 24.6 Å². The number of pyridine rings is 1. The number of benzene rings is 7. The van der Waals surface area contributed by atoms with Crippen LogP contribution in [0.1, 0.15) is 11.1 Å². The Labute approximate surface area is 321 Å². The van der Waals surface area contributed by atoms with Crippen LogP contribution in [0.25, 0.3) is 82.9 Å². The van der Waals surface area contributed by atoms with Crippen molar-refractivity contribution in [2.24, 2.45) is 0 Å². The van der Waals surface area contributed by atoms with Crippen molar-refractivity contribution in [3.05, 3.63) is 187 Å². The summed E-state index contributed by atoms with van der Waals surface area (Å²) in [6.07, 6.45) is 1.86. The minimum atomic E-state index is 0. The smallest absolute Gasteiger partial charge is 0.157 e. The summed E-state index contributed by atoms with van der Waals surface area (Å²) >= 11 is 0. The van der Waals surface area contributed by atoms with Crippen molar-refractivity contribution in [2.75, 3.05) is 0 Å². The molecule has 0 spiro atoms. The summed E-state index contributed by atoms with van der Waals surface area (Å²) in [7, 11) is 0. The molecule has 0 saturated carbocycles. The van der Waals surface area contributed by atoms with Gasteiger partial charge in [-0.15, -0.1) is 75.4 Å². The van der Waals surface area contributed by atoms with Crippen molar-refractivity contribution in [1.82, 2.24) is 14.7 Å². The normalized spacial score (nSPS) is 11.1. The summed E-state index contributed by atoms with van der Waals surface area (Å²) < 4.78 is 7.86. The summed E-state index contributed by atoms with van der Waals surface area (Å²) in [4.78, 5) is 4.53. The van der Waals surface area contributed by atoms with Gasteiger partial charge in [0.05, 0.1) is 11.0 Å². The zero-order valence-electron chi connectivity index (χ0n) is 29.2. The summed E-state index contributed by atoms with van der Waals surface area (Å²) in [5, 5.41) is 10.2. The SMILES string of the molecule is Cc1[c-]c(-c2nccc3ccccc23)cc(C)c1.[Ir].[c-]1ccc(-c2ccc3c(c2)c2ccccc2n3-c2ccccc2)cc1-c1noc2ccccc12. The predicted molar refractivity (Wildman–Crippen MR) is 214 cm³/mol. The molecule has 3 aromatic heterocycles. The zero-order chi connectivity index (χ0) is 35.0. The molecule has 4 nitrogen and oxygen atoms in total. The number of aryl methyl sites for hydroxylation is 2. The van der Waals surface area contributed by atoms with Crippen LogP contribution in [0.15, 0.2) is 168 Å². The molecule has 0 aliphatic heterocycles. The van der Waals surface area contributed by atoms with Gasteiger partial charge in [0.25, 0.3) is 0 Å². The van der Waals surface area contributed by atoms with Gasteiger partial charge in [-0.1, -0.05) is 98.8 Å². The molecule has 10 rings (SSSR count). The second-order valence-electron chi connectivity index (χ2n) is 13.1. The van der Waals surface area contributed by atoms with Crippen LogP contribution in [0, 0.1) is 26.0 Å². The fourth-order valence-corrected chi connectivity index (χ4v) is 7.23. The summed E-state index contributed by atoms with van der Waals surface area (Å²) in [6.45, 7) is 4.18. The molecule has 0 amide bonds. The van der Waals surface area contributed by atoms with Gasteiger partial charge in [0.2, 0.25) is 0 Å². The van der Waals surface area contributed by atoms with E-state index < -0.39 is 0 Å². The van der Waals surface area contributed by atoms with Gasteiger partial charge in [-0.2, -0.15) is 0 Å². The van der Waals surface area contributed by atoms with Crippen molar-refractivity contribution in [3.63, 3.8) is 0 Å². The third kappa shape index (κ3) is 6.46. The number of rotatable bonds is 4. The van der Waals surface area contributed by atoms with Crippen molar-refractivity contribution in [2.45, 2.75) is 13.8 Å². The molecule has 3 heterocycles. The van der Waals surface area contributed by atoms with Gasteiger partial charge in [0, 0.05) is 53.8 Å². The molecule has 10 aromatic rings. The number of fused-ring (bicyclic) bond motifs is 5. The third-order valence-electron chi connectivity index (χ3n) is 9.53. The van der Waals surface area contributed by atoms with Crippen LogP contribution < -0.4 is 0 Å². The Morgan fingerprint density at radius 1 is 0.566 bits per heavy atom. The van der Waals surface area contributed by atoms with Gasteiger partial charge in [0.1, 0.15) is 0 Å². The topological polar surface area (TPSA) is 43.9 Å². The molecular weight excluding hydrogens is 827 g/mol. The Morgan fingerprint density at radius 3 is 2.13 bits per heavy atom. The molecule has 0 aliphatic rings. The van der Waals surface area contributed by atoms with E-state index in [4.69, 9.17) is 4.52 Å². The van der Waals surface area contributed by atoms with Gasteiger partial charge in [0.15, 0.2) is 5.58 Å². The first kappa shape index (κ1) is 34.0. The second kappa shape index (κ2) is 14.5. The molecule has 0 aliphatic carbocycles. The Bertz CT molecular complexity index is 2860. The molecule has 0 saturated heterocycles. The molecule has 7 aromatic carbocycles. The summed E-state index contributed by atoms with van der Waals surface area (Å²) in [5.41, 5.74) is 12.9. The van der Waals surface area contributed by atoms with Gasteiger partial charge in [-0.05, 0) is 64.5 Å². The monoisotopic (exact) mass is 860 g/mol. The Hall–Kier alpha value is -6.13. The van der Waals surface area contributed by atoms with Gasteiger partial charge < -0.3 is 14.1 Å². The fourth-order valence-electron chi connectivity index (χ4n) is 7.23. The van der Waals surface area contributed by atoms with Gasteiger partial charge >= 0.3 is 0 Å². The van der Waals surface area contributed by atoms with Crippen LogP contribution in [0.4, 0.5) is 0 Å². The van der Waals surface area contributed by atoms with Crippen LogP contribution >= 0.6 is 0 Å². The number of hydrogen-bond donors (Lipinski definition) is 0. The van der Waals surface area contributed by atoms with Crippen molar-refractivity contribution >= 4 is 43.5 Å². The number of nitrogens with zero attached hydrogens (tertiary/aromatic N) is 3. The maximum Gasteiger partial charge on any atom is 0.157 e. The average molecular weight is 860 g/mol. The maximum atomic E-state index is 5.53. The third-order valence-corrected chi connectivity index (χ3v) is 9.53. The van der Waals surface area contributed by atoms with Gasteiger partial charge in [-0.3, -0.25) is 0 Å². The van der Waals surface area contributed by atoms with Crippen LogP contribution in [0.3, 0.4) is 0 Å². The average Bonchev–Trinajstić information content (AvgIpc) is 3.77. The molecule has 1 radical (unpaired) electrons. The Morgan fingerprint density at radius 2 is 1.28 bits per heavy atom. The summed E-state index contributed by atoms with van der Waals surface area (Å²) in [5.74, 6) is 0. The van der Waals surface area contributed by atoms with E-state index in [9.17, 15) is 0 Å². The zero-order valence-corrected chi connectivity index (χ0v) is 31.6. The molecule has 5 heteroatoms. The van der Waals surface area contributed by atoms with Crippen LogP contribution in [-0.2, 0) is 20.1 Å². The molecule has 0 unspecified atom stereocenters. The van der Waals surface area contributed by atoms with Gasteiger partial charge in [-0.25, -0.2) is 0 Å². The number of para-hydroxylation sites is 3. The van der Waals surface area contributed by atoms with E-state index in [2.05, 4.69) is 162 Å². The number of aromatic nitrogens is 3. The first-order valence-electron chi connectivity index (χ1n) is 17.4. The van der Waals surface area contributed by atoms with E-state index in [1.54, 1.807) is 0 Å². The van der Waals surface area contributed by atoms with Crippen LogP contribution in [0.5, 0.6) is 0 Å². The van der Waals surface area contributed by atoms with E-state index >= 15 is 0 Å². The summed E-state index contributed by atoms with van der Waals surface area (Å²) in [6, 6.07) is 61.3. The molecule has 0 N–H and O–H groups in total. The molecule has 257 valence electrons. The van der Waals surface area contributed by atoms with Crippen molar-refractivity contribution in [3.8, 4) is 39.3 Å². The predicted octanol–water partition coefficient (Wildman–Crippen LogP) is 12.4. The van der Waals surface area contributed by atoms with E-state index in [0.717, 1.165) is 55.9 Å². The molecule has 0 atom stereocenters. The Balaban J connectivity index is 0.000000178. The molecule has 0 fully saturated rings. The standard InChI is InChI=1S/C31H19N2O.C17H14N.Ir/c1-2-11-24(12-3-1)33-28-15-6-4-13-25(28)27-20-22(17-18-29(27)33)21-9-8-10-23(19-21)31-26-14-5-7-16-30(26)34-32-31;1-12-9-13(2)11-15(10-12)17-16-6-4-3-5-14(16)7-8-18-17;/h1-9,11-20H;3-10H,1-2H3;/q2*-1;. The number of hydrogen-bond acceptors (Lipinski definition) is 3. The van der Waals surface area contributed by atoms with E-state index in [1.807, 2.05) is 42.6 Å². The minimum absolute atomic E-state index is 0. The van der Waals surface area contributed by atoms with E-state index in [0.29, 0.717) is 0 Å². The van der Waals surface area contributed by atoms with Crippen LogP contribution in [-0.4, -0.2) is 14.7 Å². The largest absolute Gasteiger partial charge is 0.366 e. The fraction of sp³-hybridized carbons (Fsp3) is 0.0417. The molecular formula is C48H33IrN3O-2. The van der Waals surface area contributed by atoms with E-state index in [1.165, 1.54) is 38.1 Å².